The molecule has 0 amide bonds. The molecule has 14 heavy (non-hydrogen) atoms. The number of halogens is 1. The fraction of sp³-hybridized carbons (Fsp3) is 0.100. The maximum absolute atomic E-state index is 12.9. The fourth-order valence-electron chi connectivity index (χ4n) is 0.938. The highest BCUT2D eigenvalue weighted by atomic mass is 19.1. The molecule has 72 valence electrons. The predicted octanol–water partition coefficient (Wildman–Crippen LogP) is 0.834. The zero-order valence-corrected chi connectivity index (χ0v) is 7.25. The van der Waals surface area contributed by atoms with Crippen molar-refractivity contribution in [3.8, 4) is 11.8 Å². The van der Waals surface area contributed by atoms with Crippen molar-refractivity contribution in [2.24, 2.45) is 5.73 Å². The summed E-state index contributed by atoms with van der Waals surface area (Å²) in [6, 6.07) is 3.40. The Labute approximate surface area is 80.4 Å². The van der Waals surface area contributed by atoms with Crippen molar-refractivity contribution in [1.82, 2.24) is 0 Å². The van der Waals surface area contributed by atoms with Crippen LogP contribution in [0.25, 0.3) is 0 Å². The summed E-state index contributed by atoms with van der Waals surface area (Å²) in [5, 5.41) is 8.62. The smallest absolute Gasteiger partial charge is 0.335 e. The maximum Gasteiger partial charge on any atom is 0.335 e. The molecule has 1 aromatic rings. The number of carbonyl (C=O) groups is 1. The molecule has 0 fully saturated rings. The molecule has 1 aromatic carbocycles. The average molecular weight is 193 g/mol. The molecular formula is C10H8FNO2. The van der Waals surface area contributed by atoms with Crippen LogP contribution in [0.5, 0.6) is 0 Å². The lowest BCUT2D eigenvalue weighted by Gasteiger charge is -1.96. The van der Waals surface area contributed by atoms with Crippen molar-refractivity contribution < 1.29 is 14.3 Å². The van der Waals surface area contributed by atoms with Crippen LogP contribution in [0, 0.1) is 17.7 Å². The van der Waals surface area contributed by atoms with Crippen LogP contribution in [0.1, 0.15) is 15.9 Å². The lowest BCUT2D eigenvalue weighted by molar-refractivity contribution is 0.0696. The van der Waals surface area contributed by atoms with Crippen LogP contribution >= 0.6 is 0 Å². The standard InChI is InChI=1S/C10H8FNO2/c11-9-5-7(2-1-3-12)4-8(6-9)10(13)14/h4-6H,3,12H2,(H,13,14). The number of carboxylic acid groups (broad SMARTS) is 1. The molecule has 3 N–H and O–H groups in total. The van der Waals surface area contributed by atoms with Gasteiger partial charge < -0.3 is 10.8 Å². The Hall–Kier alpha value is -1.86. The summed E-state index contributed by atoms with van der Waals surface area (Å²) >= 11 is 0. The second-order valence-corrected chi connectivity index (χ2v) is 2.54. The van der Waals surface area contributed by atoms with Gasteiger partial charge in [0, 0.05) is 5.56 Å². The van der Waals surface area contributed by atoms with Crippen LogP contribution in [-0.4, -0.2) is 17.6 Å². The third kappa shape index (κ3) is 2.57. The van der Waals surface area contributed by atoms with Crippen LogP contribution < -0.4 is 5.73 Å². The van der Waals surface area contributed by atoms with Crippen LogP contribution in [0.4, 0.5) is 4.39 Å². The van der Waals surface area contributed by atoms with Gasteiger partial charge in [0.2, 0.25) is 0 Å². The molecule has 0 aliphatic carbocycles. The van der Waals surface area contributed by atoms with Crippen molar-refractivity contribution in [2.75, 3.05) is 6.54 Å². The second kappa shape index (κ2) is 4.40. The van der Waals surface area contributed by atoms with Gasteiger partial charge >= 0.3 is 5.97 Å². The zero-order chi connectivity index (χ0) is 10.6. The van der Waals surface area contributed by atoms with Gasteiger partial charge in [-0.3, -0.25) is 0 Å². The van der Waals surface area contributed by atoms with E-state index in [2.05, 4.69) is 11.8 Å². The number of benzene rings is 1. The van der Waals surface area contributed by atoms with E-state index in [9.17, 15) is 9.18 Å². The molecule has 1 rings (SSSR count). The molecule has 0 heterocycles. The molecule has 4 heteroatoms. The van der Waals surface area contributed by atoms with Gasteiger partial charge in [-0.2, -0.15) is 0 Å². The predicted molar refractivity (Wildman–Crippen MR) is 49.3 cm³/mol. The molecule has 0 atom stereocenters. The first kappa shape index (κ1) is 10.2. The first-order valence-corrected chi connectivity index (χ1v) is 3.86. The van der Waals surface area contributed by atoms with Gasteiger partial charge in [-0.15, -0.1) is 0 Å². The summed E-state index contributed by atoms with van der Waals surface area (Å²) in [6.45, 7) is 0.152. The Morgan fingerprint density at radius 1 is 1.50 bits per heavy atom. The minimum Gasteiger partial charge on any atom is -0.478 e. The molecule has 3 nitrogen and oxygen atoms in total. The molecule has 0 unspecified atom stereocenters. The van der Waals surface area contributed by atoms with Gasteiger partial charge in [-0.1, -0.05) is 11.8 Å². The number of aromatic carboxylic acids is 1. The highest BCUT2D eigenvalue weighted by Crippen LogP contribution is 2.08. The summed E-state index contributed by atoms with van der Waals surface area (Å²) in [5.41, 5.74) is 5.32. The molecule has 0 radical (unpaired) electrons. The topological polar surface area (TPSA) is 63.3 Å². The normalized spacial score (nSPS) is 9.00. The molecule has 0 aromatic heterocycles. The minimum atomic E-state index is -1.18. The van der Waals surface area contributed by atoms with Crippen molar-refractivity contribution >= 4 is 5.97 Å². The highest BCUT2D eigenvalue weighted by molar-refractivity contribution is 5.88. The minimum absolute atomic E-state index is 0.119. The van der Waals surface area contributed by atoms with E-state index in [1.54, 1.807) is 0 Å². The summed E-state index contributed by atoms with van der Waals surface area (Å²) in [4.78, 5) is 10.5. The molecule has 0 bridgehead atoms. The molecule has 0 saturated carbocycles. The zero-order valence-electron chi connectivity index (χ0n) is 7.25. The van der Waals surface area contributed by atoms with E-state index in [4.69, 9.17) is 10.8 Å². The summed E-state index contributed by atoms with van der Waals surface area (Å²) in [6.07, 6.45) is 0. The SMILES string of the molecule is NCC#Cc1cc(F)cc(C(=O)O)c1. The monoisotopic (exact) mass is 193 g/mol. The number of nitrogens with two attached hydrogens (primary N) is 1. The van der Waals surface area contributed by atoms with E-state index in [1.807, 2.05) is 0 Å². The van der Waals surface area contributed by atoms with Crippen LogP contribution in [0.15, 0.2) is 18.2 Å². The largest absolute Gasteiger partial charge is 0.478 e. The Morgan fingerprint density at radius 3 is 2.79 bits per heavy atom. The van der Waals surface area contributed by atoms with Crippen LogP contribution in [0.2, 0.25) is 0 Å². The summed E-state index contributed by atoms with van der Waals surface area (Å²) in [7, 11) is 0. The second-order valence-electron chi connectivity index (χ2n) is 2.54. The molecular weight excluding hydrogens is 185 g/mol. The van der Waals surface area contributed by atoms with Gasteiger partial charge in [0.25, 0.3) is 0 Å². The Kier molecular flexibility index (Phi) is 3.21. The Balaban J connectivity index is 3.13. The number of carboxylic acids is 1. The molecule has 0 saturated heterocycles. The van der Waals surface area contributed by atoms with E-state index in [0.29, 0.717) is 5.56 Å². The first-order chi connectivity index (χ1) is 6.63. The van der Waals surface area contributed by atoms with Gasteiger partial charge in [-0.25, -0.2) is 9.18 Å². The van der Waals surface area contributed by atoms with Crippen molar-refractivity contribution in [3.63, 3.8) is 0 Å². The van der Waals surface area contributed by atoms with E-state index < -0.39 is 11.8 Å². The van der Waals surface area contributed by atoms with Crippen LogP contribution in [0.3, 0.4) is 0 Å². The number of hydrogen-bond acceptors (Lipinski definition) is 2. The molecule has 0 aliphatic heterocycles. The van der Waals surface area contributed by atoms with E-state index in [0.717, 1.165) is 12.1 Å². The molecule has 0 spiro atoms. The lowest BCUT2D eigenvalue weighted by atomic mass is 10.1. The van der Waals surface area contributed by atoms with E-state index in [-0.39, 0.29) is 12.1 Å². The third-order valence-corrected chi connectivity index (χ3v) is 1.48. The third-order valence-electron chi connectivity index (χ3n) is 1.48. The first-order valence-electron chi connectivity index (χ1n) is 3.86. The summed E-state index contributed by atoms with van der Waals surface area (Å²) in [5.74, 6) is 3.28. The van der Waals surface area contributed by atoms with E-state index >= 15 is 0 Å². The van der Waals surface area contributed by atoms with Gasteiger partial charge in [-0.05, 0) is 18.2 Å². The van der Waals surface area contributed by atoms with Crippen molar-refractivity contribution in [2.45, 2.75) is 0 Å². The number of rotatable bonds is 1. The Morgan fingerprint density at radius 2 is 2.21 bits per heavy atom. The van der Waals surface area contributed by atoms with E-state index in [1.165, 1.54) is 6.07 Å². The maximum atomic E-state index is 12.9. The number of hydrogen-bond donors (Lipinski definition) is 2. The summed E-state index contributed by atoms with van der Waals surface area (Å²) < 4.78 is 12.9. The molecule has 0 aliphatic rings. The van der Waals surface area contributed by atoms with Gasteiger partial charge in [0.15, 0.2) is 0 Å². The van der Waals surface area contributed by atoms with Crippen molar-refractivity contribution in [1.29, 1.82) is 0 Å². The average Bonchev–Trinajstić information content (AvgIpc) is 2.14. The lowest BCUT2D eigenvalue weighted by Crippen LogP contribution is -1.98. The van der Waals surface area contributed by atoms with Crippen LogP contribution in [-0.2, 0) is 0 Å². The highest BCUT2D eigenvalue weighted by Gasteiger charge is 2.05. The quantitative estimate of drug-likeness (QED) is 0.649. The fourth-order valence-corrected chi connectivity index (χ4v) is 0.938. The van der Waals surface area contributed by atoms with Crippen molar-refractivity contribution in [3.05, 3.63) is 35.1 Å². The Bertz CT molecular complexity index is 418. The van der Waals surface area contributed by atoms with Gasteiger partial charge in [0.05, 0.1) is 12.1 Å². The van der Waals surface area contributed by atoms with Gasteiger partial charge in [0.1, 0.15) is 5.82 Å².